The van der Waals surface area contributed by atoms with Crippen molar-refractivity contribution in [1.29, 1.82) is 0 Å². The lowest BCUT2D eigenvalue weighted by Crippen LogP contribution is -2.30. The van der Waals surface area contributed by atoms with Gasteiger partial charge in [0.25, 0.3) is 10.0 Å². The van der Waals surface area contributed by atoms with E-state index in [4.69, 9.17) is 10.5 Å². The van der Waals surface area contributed by atoms with Gasteiger partial charge in [-0.3, -0.25) is 4.79 Å². The third kappa shape index (κ3) is 4.35. The Kier molecular flexibility index (Phi) is 5.13. The highest BCUT2D eigenvalue weighted by Gasteiger charge is 2.19. The third-order valence-corrected chi connectivity index (χ3v) is 3.16. The van der Waals surface area contributed by atoms with Crippen LogP contribution < -0.4 is 10.5 Å². The van der Waals surface area contributed by atoms with Crippen LogP contribution in [0.5, 0.6) is 0 Å². The summed E-state index contributed by atoms with van der Waals surface area (Å²) in [7, 11) is -4.02. The standard InChI is InChI=1S/C9H12FN3O4S/c10-7-2-1-3-12-9(7)18(15,16)13-4-5-17-6-8(11)14/h1-3,13H,4-6H2,(H2,11,14). The Morgan fingerprint density at radius 2 is 2.28 bits per heavy atom. The molecule has 0 radical (unpaired) electrons. The predicted molar refractivity (Wildman–Crippen MR) is 59.4 cm³/mol. The molecule has 1 heterocycles. The second-order valence-corrected chi connectivity index (χ2v) is 4.89. The van der Waals surface area contributed by atoms with E-state index < -0.39 is 26.8 Å². The van der Waals surface area contributed by atoms with Crippen molar-refractivity contribution in [3.63, 3.8) is 0 Å². The van der Waals surface area contributed by atoms with E-state index in [-0.39, 0.29) is 19.8 Å². The summed E-state index contributed by atoms with van der Waals surface area (Å²) in [6.07, 6.45) is 1.17. The Labute approximate surface area is 103 Å². The van der Waals surface area contributed by atoms with Gasteiger partial charge in [-0.1, -0.05) is 0 Å². The normalized spacial score (nSPS) is 11.4. The third-order valence-electron chi connectivity index (χ3n) is 1.76. The number of carbonyl (C=O) groups is 1. The predicted octanol–water partition coefficient (Wildman–Crippen LogP) is -0.999. The van der Waals surface area contributed by atoms with E-state index in [1.54, 1.807) is 0 Å². The van der Waals surface area contributed by atoms with Crippen LogP contribution >= 0.6 is 0 Å². The first kappa shape index (κ1) is 14.5. The van der Waals surface area contributed by atoms with Crippen molar-refractivity contribution in [3.8, 4) is 0 Å². The van der Waals surface area contributed by atoms with Gasteiger partial charge in [0, 0.05) is 12.7 Å². The number of ether oxygens (including phenoxy) is 1. The highest BCUT2D eigenvalue weighted by atomic mass is 32.2. The molecule has 1 rings (SSSR count). The van der Waals surface area contributed by atoms with Crippen LogP contribution in [0.15, 0.2) is 23.4 Å². The summed E-state index contributed by atoms with van der Waals surface area (Å²) in [6, 6.07) is 2.27. The molecule has 0 aliphatic carbocycles. The first-order chi connectivity index (χ1) is 8.43. The quantitative estimate of drug-likeness (QED) is 0.621. The summed E-state index contributed by atoms with van der Waals surface area (Å²) in [4.78, 5) is 13.8. The molecular weight excluding hydrogens is 265 g/mol. The number of aromatic nitrogens is 1. The van der Waals surface area contributed by atoms with Crippen LogP contribution in [0.3, 0.4) is 0 Å². The number of nitrogens with zero attached hydrogens (tertiary/aromatic N) is 1. The SMILES string of the molecule is NC(=O)COCCNS(=O)(=O)c1ncccc1F. The van der Waals surface area contributed by atoms with Gasteiger partial charge in [0.1, 0.15) is 6.61 Å². The molecular formula is C9H12FN3O4S. The Hall–Kier alpha value is -1.58. The van der Waals surface area contributed by atoms with Gasteiger partial charge in [0.05, 0.1) is 6.61 Å². The number of nitrogens with two attached hydrogens (primary N) is 1. The first-order valence-corrected chi connectivity index (χ1v) is 6.38. The zero-order valence-corrected chi connectivity index (χ0v) is 10.1. The molecule has 0 saturated carbocycles. The van der Waals surface area contributed by atoms with Gasteiger partial charge in [-0.15, -0.1) is 0 Å². The van der Waals surface area contributed by atoms with Crippen molar-refractivity contribution >= 4 is 15.9 Å². The van der Waals surface area contributed by atoms with E-state index in [0.29, 0.717) is 0 Å². The van der Waals surface area contributed by atoms with Crippen molar-refractivity contribution in [3.05, 3.63) is 24.1 Å². The molecule has 0 unspecified atom stereocenters. The molecule has 100 valence electrons. The lowest BCUT2D eigenvalue weighted by atomic mass is 10.5. The van der Waals surface area contributed by atoms with Gasteiger partial charge in [0.15, 0.2) is 5.82 Å². The number of primary amides is 1. The number of amides is 1. The maximum absolute atomic E-state index is 13.2. The summed E-state index contributed by atoms with van der Waals surface area (Å²) in [6.45, 7) is -0.484. The number of carbonyl (C=O) groups excluding carboxylic acids is 1. The second kappa shape index (κ2) is 6.38. The van der Waals surface area contributed by atoms with Crippen molar-refractivity contribution < 1.29 is 22.3 Å². The minimum atomic E-state index is -4.02. The Morgan fingerprint density at radius 1 is 1.56 bits per heavy atom. The summed E-state index contributed by atoms with van der Waals surface area (Å²) < 4.78 is 43.2. The van der Waals surface area contributed by atoms with Crippen LogP contribution in [0.1, 0.15) is 0 Å². The molecule has 0 fully saturated rings. The first-order valence-electron chi connectivity index (χ1n) is 4.89. The molecule has 0 aromatic carbocycles. The number of rotatable bonds is 7. The number of hydrogen-bond donors (Lipinski definition) is 2. The summed E-state index contributed by atoms with van der Waals surface area (Å²) >= 11 is 0. The van der Waals surface area contributed by atoms with Gasteiger partial charge >= 0.3 is 0 Å². The molecule has 18 heavy (non-hydrogen) atoms. The van der Waals surface area contributed by atoms with Gasteiger partial charge in [0.2, 0.25) is 10.9 Å². The summed E-state index contributed by atoms with van der Waals surface area (Å²) in [5, 5.41) is -0.681. The Morgan fingerprint density at radius 3 is 2.89 bits per heavy atom. The van der Waals surface area contributed by atoms with Gasteiger partial charge in [-0.05, 0) is 12.1 Å². The lowest BCUT2D eigenvalue weighted by Gasteiger charge is -2.06. The van der Waals surface area contributed by atoms with Gasteiger partial charge < -0.3 is 10.5 Å². The molecule has 0 aliphatic rings. The zero-order chi connectivity index (χ0) is 13.6. The fourth-order valence-corrected chi connectivity index (χ4v) is 2.07. The fraction of sp³-hybridized carbons (Fsp3) is 0.333. The van der Waals surface area contributed by atoms with Crippen LogP contribution in [-0.4, -0.2) is 39.1 Å². The number of halogens is 1. The van der Waals surface area contributed by atoms with Crippen molar-refractivity contribution in [2.24, 2.45) is 5.73 Å². The molecule has 1 aromatic rings. The number of sulfonamides is 1. The highest BCUT2D eigenvalue weighted by molar-refractivity contribution is 7.89. The molecule has 9 heteroatoms. The highest BCUT2D eigenvalue weighted by Crippen LogP contribution is 2.08. The van der Waals surface area contributed by atoms with Crippen molar-refractivity contribution in [1.82, 2.24) is 9.71 Å². The average Bonchev–Trinajstić information content (AvgIpc) is 2.28. The topological polar surface area (TPSA) is 111 Å². The van der Waals surface area contributed by atoms with Gasteiger partial charge in [-0.2, -0.15) is 0 Å². The van der Waals surface area contributed by atoms with E-state index in [0.717, 1.165) is 6.07 Å². The van der Waals surface area contributed by atoms with Crippen molar-refractivity contribution in [2.45, 2.75) is 5.03 Å². The zero-order valence-electron chi connectivity index (χ0n) is 9.30. The van der Waals surface area contributed by atoms with Crippen LogP contribution in [0.25, 0.3) is 0 Å². The molecule has 1 amide bonds. The Bertz CT molecular complexity index is 520. The van der Waals surface area contributed by atoms with E-state index in [9.17, 15) is 17.6 Å². The molecule has 3 N–H and O–H groups in total. The molecule has 0 bridgehead atoms. The largest absolute Gasteiger partial charge is 0.370 e. The maximum atomic E-state index is 13.2. The lowest BCUT2D eigenvalue weighted by molar-refractivity contribution is -0.122. The summed E-state index contributed by atoms with van der Waals surface area (Å²) in [5.74, 6) is -1.60. The molecule has 0 atom stereocenters. The minimum Gasteiger partial charge on any atom is -0.370 e. The molecule has 0 aliphatic heterocycles. The average molecular weight is 277 g/mol. The molecule has 0 saturated heterocycles. The molecule has 7 nitrogen and oxygen atoms in total. The van der Waals surface area contributed by atoms with Crippen molar-refractivity contribution in [2.75, 3.05) is 19.8 Å². The number of hydrogen-bond acceptors (Lipinski definition) is 5. The van der Waals surface area contributed by atoms with Crippen LogP contribution in [0.4, 0.5) is 4.39 Å². The summed E-state index contributed by atoms with van der Waals surface area (Å²) in [5.41, 5.74) is 4.81. The van der Waals surface area contributed by atoms with E-state index in [2.05, 4.69) is 9.71 Å². The fourth-order valence-electron chi connectivity index (χ4n) is 1.06. The number of nitrogens with one attached hydrogen (secondary N) is 1. The number of pyridine rings is 1. The monoisotopic (exact) mass is 277 g/mol. The molecule has 1 aromatic heterocycles. The van der Waals surface area contributed by atoms with Crippen LogP contribution in [-0.2, 0) is 19.6 Å². The van der Waals surface area contributed by atoms with Crippen LogP contribution in [0, 0.1) is 5.82 Å². The second-order valence-electron chi connectivity index (χ2n) is 3.21. The minimum absolute atomic E-state index is 0.0589. The van der Waals surface area contributed by atoms with E-state index >= 15 is 0 Å². The van der Waals surface area contributed by atoms with Crippen LogP contribution in [0.2, 0.25) is 0 Å². The van der Waals surface area contributed by atoms with E-state index in [1.807, 2.05) is 0 Å². The Balaban J connectivity index is 2.51. The van der Waals surface area contributed by atoms with E-state index in [1.165, 1.54) is 12.3 Å². The molecule has 0 spiro atoms. The smallest absolute Gasteiger partial charge is 0.261 e. The van der Waals surface area contributed by atoms with Gasteiger partial charge in [-0.25, -0.2) is 22.5 Å². The maximum Gasteiger partial charge on any atom is 0.261 e.